The van der Waals surface area contributed by atoms with Crippen LogP contribution in [0.4, 0.5) is 5.69 Å². The molecule has 2 aromatic carbocycles. The van der Waals surface area contributed by atoms with Crippen LogP contribution < -0.4 is 15.4 Å². The Labute approximate surface area is 243 Å². The zero-order valence-electron chi connectivity index (χ0n) is 24.6. The number of carbonyl (C=O) groups excluding carboxylic acids is 3. The van der Waals surface area contributed by atoms with Crippen molar-refractivity contribution < 1.29 is 23.9 Å². The van der Waals surface area contributed by atoms with Gasteiger partial charge in [0.15, 0.2) is 5.60 Å². The minimum Gasteiger partial charge on any atom is -0.497 e. The number of hydrogen-bond donors (Lipinski definition) is 1. The predicted molar refractivity (Wildman–Crippen MR) is 159 cm³/mol. The lowest BCUT2D eigenvalue weighted by Gasteiger charge is -2.48. The van der Waals surface area contributed by atoms with E-state index in [9.17, 15) is 14.4 Å². The molecule has 41 heavy (non-hydrogen) atoms. The molecule has 1 saturated heterocycles. The summed E-state index contributed by atoms with van der Waals surface area (Å²) in [7, 11) is 5.76. The Morgan fingerprint density at radius 1 is 0.902 bits per heavy atom. The smallest absolute Gasteiger partial charge is 0.306 e. The lowest BCUT2D eigenvalue weighted by molar-refractivity contribution is -0.174. The van der Waals surface area contributed by atoms with Crippen LogP contribution in [0.3, 0.4) is 0 Å². The van der Waals surface area contributed by atoms with Crippen LogP contribution in [-0.4, -0.2) is 86.1 Å². The number of nitrogens with two attached hydrogens (primary N) is 1. The Hall–Kier alpha value is -3.59. The molecule has 1 aliphatic heterocycles. The van der Waals surface area contributed by atoms with Crippen LogP contribution in [0.15, 0.2) is 54.6 Å². The van der Waals surface area contributed by atoms with Crippen LogP contribution in [-0.2, 0) is 25.5 Å². The van der Waals surface area contributed by atoms with Crippen molar-refractivity contribution in [2.75, 3.05) is 52.3 Å². The lowest BCUT2D eigenvalue weighted by atomic mass is 9.70. The van der Waals surface area contributed by atoms with Crippen molar-refractivity contribution in [3.05, 3.63) is 60.2 Å². The monoisotopic (exact) mass is 564 g/mol. The maximum atomic E-state index is 12.8. The number of rotatable bonds is 11. The first-order valence-electron chi connectivity index (χ1n) is 14.6. The van der Waals surface area contributed by atoms with E-state index in [0.29, 0.717) is 45.2 Å². The molecule has 0 bridgehead atoms. The number of amides is 2. The number of nitrogens with zero attached hydrogens (tertiary/aromatic N) is 3. The van der Waals surface area contributed by atoms with Gasteiger partial charge in [-0.15, -0.1) is 0 Å². The molecule has 2 fully saturated rings. The van der Waals surface area contributed by atoms with Crippen LogP contribution in [0.25, 0.3) is 0 Å². The molecule has 1 aliphatic carbocycles. The van der Waals surface area contributed by atoms with E-state index in [1.165, 1.54) is 5.56 Å². The van der Waals surface area contributed by atoms with Gasteiger partial charge in [-0.3, -0.25) is 14.4 Å². The van der Waals surface area contributed by atoms with Crippen molar-refractivity contribution in [1.82, 2.24) is 9.80 Å². The highest BCUT2D eigenvalue weighted by molar-refractivity contribution is 5.87. The summed E-state index contributed by atoms with van der Waals surface area (Å²) in [5.41, 5.74) is 6.68. The molecular weight excluding hydrogens is 520 g/mol. The third kappa shape index (κ3) is 7.38. The predicted octanol–water partition coefficient (Wildman–Crippen LogP) is 3.40. The normalized spacial score (nSPS) is 22.8. The molecule has 0 radical (unpaired) electrons. The summed E-state index contributed by atoms with van der Waals surface area (Å²) in [4.78, 5) is 44.5. The Morgan fingerprint density at radius 3 is 2.20 bits per heavy atom. The number of carbonyl (C=O) groups is 3. The number of piperazine rings is 1. The van der Waals surface area contributed by atoms with Crippen molar-refractivity contribution in [3.8, 4) is 5.75 Å². The summed E-state index contributed by atoms with van der Waals surface area (Å²) in [5.74, 6) is -0.228. The van der Waals surface area contributed by atoms with Gasteiger partial charge in [-0.25, -0.2) is 0 Å². The summed E-state index contributed by atoms with van der Waals surface area (Å²) < 4.78 is 11.1. The van der Waals surface area contributed by atoms with Crippen molar-refractivity contribution in [2.24, 2.45) is 5.73 Å². The van der Waals surface area contributed by atoms with Gasteiger partial charge in [0.25, 0.3) is 5.91 Å². The average molecular weight is 565 g/mol. The molecule has 1 saturated carbocycles. The summed E-state index contributed by atoms with van der Waals surface area (Å²) >= 11 is 0. The second kappa shape index (κ2) is 13.4. The molecule has 222 valence electrons. The molecule has 9 nitrogen and oxygen atoms in total. The van der Waals surface area contributed by atoms with Gasteiger partial charge in [-0.1, -0.05) is 36.4 Å². The van der Waals surface area contributed by atoms with E-state index >= 15 is 0 Å². The van der Waals surface area contributed by atoms with E-state index in [1.54, 1.807) is 7.11 Å². The highest BCUT2D eigenvalue weighted by atomic mass is 16.6. The van der Waals surface area contributed by atoms with Crippen molar-refractivity contribution in [2.45, 2.75) is 62.5 Å². The van der Waals surface area contributed by atoms with E-state index in [4.69, 9.17) is 15.2 Å². The number of benzene rings is 2. The van der Waals surface area contributed by atoms with Crippen LogP contribution in [0.1, 0.15) is 50.5 Å². The first-order chi connectivity index (χ1) is 19.7. The Bertz CT molecular complexity index is 1190. The maximum absolute atomic E-state index is 12.8. The second-order valence-electron chi connectivity index (χ2n) is 11.5. The third-order valence-corrected chi connectivity index (χ3v) is 8.89. The molecule has 1 heterocycles. The topological polar surface area (TPSA) is 105 Å². The highest BCUT2D eigenvalue weighted by Crippen LogP contribution is 2.42. The number of primary amides is 1. The zero-order chi connectivity index (χ0) is 29.5. The number of methoxy groups -OCH3 is 1. The van der Waals surface area contributed by atoms with E-state index in [0.717, 1.165) is 30.9 Å². The number of likely N-dealkylation sites (N-methyl/N-ethyl adjacent to an activating group) is 1. The molecule has 9 heteroatoms. The Balaban J connectivity index is 1.24. The molecular formula is C32H44N4O5. The third-order valence-electron chi connectivity index (χ3n) is 8.89. The fourth-order valence-corrected chi connectivity index (χ4v) is 6.11. The van der Waals surface area contributed by atoms with Crippen LogP contribution in [0.2, 0.25) is 0 Å². The summed E-state index contributed by atoms with van der Waals surface area (Å²) in [6.45, 7) is 2.73. The minimum absolute atomic E-state index is 0.0297. The average Bonchev–Trinajstić information content (AvgIpc) is 2.98. The molecule has 0 unspecified atom stereocenters. The van der Waals surface area contributed by atoms with Gasteiger partial charge in [-0.2, -0.15) is 0 Å². The van der Waals surface area contributed by atoms with Crippen molar-refractivity contribution in [1.29, 1.82) is 0 Å². The Morgan fingerprint density at radius 2 is 1.59 bits per heavy atom. The molecule has 2 aromatic rings. The highest BCUT2D eigenvalue weighted by Gasteiger charge is 2.49. The van der Waals surface area contributed by atoms with E-state index in [2.05, 4.69) is 36.0 Å². The first-order valence-corrected chi connectivity index (χ1v) is 14.6. The number of esters is 1. The number of anilines is 1. The van der Waals surface area contributed by atoms with Crippen LogP contribution in [0, 0.1) is 0 Å². The standard InChI is InChI=1S/C32H44N4O5/c1-34(2)31(24-25-9-5-4-6-10-25)15-17-32(18-16-31,30(33)39)41-29(38)14-8-13-28(37)36-21-19-35(20-22-36)26-11-7-12-27(23-26)40-3/h4-7,9-12,23H,8,13-22,24H2,1-3H3,(H2,33,39). The van der Waals surface area contributed by atoms with Crippen LogP contribution in [0.5, 0.6) is 5.75 Å². The van der Waals surface area contributed by atoms with E-state index in [1.807, 2.05) is 47.4 Å². The summed E-state index contributed by atoms with van der Waals surface area (Å²) in [5, 5.41) is 0. The number of ether oxygens (including phenoxy) is 2. The van der Waals surface area contributed by atoms with Gasteiger partial charge in [0.05, 0.1) is 7.11 Å². The van der Waals surface area contributed by atoms with E-state index in [-0.39, 0.29) is 24.3 Å². The van der Waals surface area contributed by atoms with Gasteiger partial charge in [-0.05, 0) is 70.3 Å². The van der Waals surface area contributed by atoms with Crippen molar-refractivity contribution in [3.63, 3.8) is 0 Å². The lowest BCUT2D eigenvalue weighted by Crippen LogP contribution is -2.57. The molecule has 2 N–H and O–H groups in total. The fraction of sp³-hybridized carbons (Fsp3) is 0.531. The maximum Gasteiger partial charge on any atom is 0.306 e. The van der Waals surface area contributed by atoms with Gasteiger partial charge >= 0.3 is 5.97 Å². The zero-order valence-corrected chi connectivity index (χ0v) is 24.6. The molecule has 4 rings (SSSR count). The van der Waals surface area contributed by atoms with Crippen LogP contribution >= 0.6 is 0 Å². The molecule has 0 spiro atoms. The van der Waals surface area contributed by atoms with Gasteiger partial charge in [0, 0.05) is 56.3 Å². The minimum atomic E-state index is -1.30. The first kappa shape index (κ1) is 30.4. The molecule has 2 aliphatic rings. The number of hydrogen-bond acceptors (Lipinski definition) is 7. The summed E-state index contributed by atoms with van der Waals surface area (Å²) in [6.07, 6.45) is 3.70. The molecule has 0 aromatic heterocycles. The van der Waals surface area contributed by atoms with Gasteiger partial charge < -0.3 is 29.9 Å². The van der Waals surface area contributed by atoms with Crippen molar-refractivity contribution >= 4 is 23.5 Å². The molecule has 2 amide bonds. The fourth-order valence-electron chi connectivity index (χ4n) is 6.11. The van der Waals surface area contributed by atoms with Gasteiger partial charge in [0.1, 0.15) is 5.75 Å². The SMILES string of the molecule is COc1cccc(N2CCN(C(=O)CCCC(=O)OC3(C(N)=O)CCC(Cc4ccccc4)(N(C)C)CC3)CC2)c1. The Kier molecular flexibility index (Phi) is 9.91. The second-order valence-corrected chi connectivity index (χ2v) is 11.5. The van der Waals surface area contributed by atoms with Gasteiger partial charge in [0.2, 0.25) is 5.91 Å². The quantitative estimate of drug-likeness (QED) is 0.417. The van der Waals surface area contributed by atoms with E-state index < -0.39 is 17.5 Å². The largest absolute Gasteiger partial charge is 0.497 e. The summed E-state index contributed by atoms with van der Waals surface area (Å²) in [6, 6.07) is 18.2. The molecule has 0 atom stereocenters.